The molecule has 0 amide bonds. The first-order valence-corrected chi connectivity index (χ1v) is 7.60. The number of aryl methyl sites for hydroxylation is 1. The van der Waals surface area contributed by atoms with Gasteiger partial charge in [0.25, 0.3) is 0 Å². The van der Waals surface area contributed by atoms with Crippen LogP contribution in [0, 0.1) is 0 Å². The van der Waals surface area contributed by atoms with Crippen LogP contribution in [0.1, 0.15) is 17.5 Å². The highest BCUT2D eigenvalue weighted by atomic mass is 79.9. The summed E-state index contributed by atoms with van der Waals surface area (Å²) < 4.78 is 6.45. The molecule has 0 bridgehead atoms. The molecular formula is C17H20BrNO. The van der Waals surface area contributed by atoms with Crippen molar-refractivity contribution in [2.75, 3.05) is 7.11 Å². The van der Waals surface area contributed by atoms with Gasteiger partial charge in [0, 0.05) is 10.5 Å². The smallest absolute Gasteiger partial charge is 0.122 e. The highest BCUT2D eigenvalue weighted by molar-refractivity contribution is 9.10. The summed E-state index contributed by atoms with van der Waals surface area (Å²) in [5.74, 6) is 0.906. The fraction of sp³-hybridized carbons (Fsp3) is 0.294. The van der Waals surface area contributed by atoms with Crippen molar-refractivity contribution in [1.82, 2.24) is 0 Å². The Hall–Kier alpha value is -1.32. The third-order valence-electron chi connectivity index (χ3n) is 3.37. The fourth-order valence-corrected chi connectivity index (χ4v) is 2.70. The minimum atomic E-state index is 0.137. The summed E-state index contributed by atoms with van der Waals surface area (Å²) in [6, 6.07) is 16.6. The molecule has 1 unspecified atom stereocenters. The minimum absolute atomic E-state index is 0.137. The molecule has 0 saturated heterocycles. The molecule has 2 N–H and O–H groups in total. The van der Waals surface area contributed by atoms with Crippen LogP contribution in [0.15, 0.2) is 53.0 Å². The van der Waals surface area contributed by atoms with E-state index in [9.17, 15) is 0 Å². The molecule has 0 aliphatic heterocycles. The molecule has 0 aromatic heterocycles. The lowest BCUT2D eigenvalue weighted by Crippen LogP contribution is -2.23. The zero-order valence-electron chi connectivity index (χ0n) is 11.7. The topological polar surface area (TPSA) is 35.2 Å². The van der Waals surface area contributed by atoms with E-state index in [2.05, 4.69) is 46.3 Å². The van der Waals surface area contributed by atoms with E-state index in [0.29, 0.717) is 0 Å². The summed E-state index contributed by atoms with van der Waals surface area (Å²) in [6.45, 7) is 0. The number of hydrogen-bond acceptors (Lipinski definition) is 2. The third kappa shape index (κ3) is 4.36. The average Bonchev–Trinajstić information content (AvgIpc) is 2.46. The van der Waals surface area contributed by atoms with Crippen molar-refractivity contribution < 1.29 is 4.74 Å². The van der Waals surface area contributed by atoms with E-state index >= 15 is 0 Å². The minimum Gasteiger partial charge on any atom is -0.496 e. The summed E-state index contributed by atoms with van der Waals surface area (Å²) in [4.78, 5) is 0. The Kier molecular flexibility index (Phi) is 5.62. The standard InChI is InChI=1S/C17H20BrNO/c1-20-17-10-8-15(18)11-14(17)12-16(19)9-7-13-5-3-2-4-6-13/h2-6,8,10-11,16H,7,9,12,19H2,1H3. The molecule has 20 heavy (non-hydrogen) atoms. The van der Waals surface area contributed by atoms with E-state index in [4.69, 9.17) is 10.5 Å². The van der Waals surface area contributed by atoms with Crippen LogP contribution >= 0.6 is 15.9 Å². The van der Waals surface area contributed by atoms with Crippen molar-refractivity contribution in [3.63, 3.8) is 0 Å². The second kappa shape index (κ2) is 7.46. The first-order chi connectivity index (χ1) is 9.69. The lowest BCUT2D eigenvalue weighted by molar-refractivity contribution is 0.407. The second-order valence-electron chi connectivity index (χ2n) is 4.94. The fourth-order valence-electron chi connectivity index (χ4n) is 2.29. The van der Waals surface area contributed by atoms with Gasteiger partial charge in [-0.3, -0.25) is 0 Å². The van der Waals surface area contributed by atoms with Gasteiger partial charge in [-0.2, -0.15) is 0 Å². The summed E-state index contributed by atoms with van der Waals surface area (Å²) in [6.07, 6.45) is 2.81. The highest BCUT2D eigenvalue weighted by Gasteiger charge is 2.09. The zero-order chi connectivity index (χ0) is 14.4. The van der Waals surface area contributed by atoms with Gasteiger partial charge < -0.3 is 10.5 Å². The van der Waals surface area contributed by atoms with Crippen LogP contribution in [0.25, 0.3) is 0 Å². The highest BCUT2D eigenvalue weighted by Crippen LogP contribution is 2.24. The monoisotopic (exact) mass is 333 g/mol. The SMILES string of the molecule is COc1ccc(Br)cc1CC(N)CCc1ccccc1. The number of ether oxygens (including phenoxy) is 1. The van der Waals surface area contributed by atoms with E-state index in [-0.39, 0.29) is 6.04 Å². The molecule has 3 heteroatoms. The van der Waals surface area contributed by atoms with Crippen LogP contribution in [0.4, 0.5) is 0 Å². The van der Waals surface area contributed by atoms with Gasteiger partial charge in [-0.05, 0) is 48.6 Å². The van der Waals surface area contributed by atoms with E-state index < -0.39 is 0 Å². The molecule has 2 rings (SSSR count). The van der Waals surface area contributed by atoms with Crippen LogP contribution in [0.3, 0.4) is 0 Å². The second-order valence-corrected chi connectivity index (χ2v) is 5.86. The maximum absolute atomic E-state index is 6.26. The molecule has 0 aliphatic rings. The molecule has 0 radical (unpaired) electrons. The molecule has 1 atom stereocenters. The number of rotatable bonds is 6. The Morgan fingerprint density at radius 3 is 2.60 bits per heavy atom. The average molecular weight is 334 g/mol. The molecule has 2 aromatic rings. The third-order valence-corrected chi connectivity index (χ3v) is 3.86. The predicted octanol–water partition coefficient (Wildman–Crippen LogP) is 3.96. The quantitative estimate of drug-likeness (QED) is 0.868. The molecule has 0 fully saturated rings. The first kappa shape index (κ1) is 15.1. The van der Waals surface area contributed by atoms with Gasteiger partial charge in [0.1, 0.15) is 5.75 Å². The van der Waals surface area contributed by atoms with Gasteiger partial charge in [0.15, 0.2) is 0 Å². The molecule has 2 aromatic carbocycles. The number of nitrogens with two attached hydrogens (primary N) is 1. The van der Waals surface area contributed by atoms with E-state index in [1.807, 2.05) is 18.2 Å². The summed E-state index contributed by atoms with van der Waals surface area (Å²) in [7, 11) is 1.70. The summed E-state index contributed by atoms with van der Waals surface area (Å²) >= 11 is 3.49. The molecule has 106 valence electrons. The van der Waals surface area contributed by atoms with Crippen LogP contribution in [-0.2, 0) is 12.8 Å². The Balaban J connectivity index is 1.94. The summed E-state index contributed by atoms with van der Waals surface area (Å²) in [5, 5.41) is 0. The molecule has 0 saturated carbocycles. The van der Waals surface area contributed by atoms with Crippen LogP contribution in [-0.4, -0.2) is 13.2 Å². The van der Waals surface area contributed by atoms with Gasteiger partial charge in [-0.15, -0.1) is 0 Å². The Labute approximate surface area is 129 Å². The van der Waals surface area contributed by atoms with Gasteiger partial charge in [0.05, 0.1) is 7.11 Å². The molecule has 0 aliphatic carbocycles. The van der Waals surface area contributed by atoms with Gasteiger partial charge in [0.2, 0.25) is 0 Å². The van der Waals surface area contributed by atoms with Gasteiger partial charge in [-0.1, -0.05) is 46.3 Å². The zero-order valence-corrected chi connectivity index (χ0v) is 13.3. The largest absolute Gasteiger partial charge is 0.496 e. The van der Waals surface area contributed by atoms with Crippen molar-refractivity contribution in [2.45, 2.75) is 25.3 Å². The first-order valence-electron chi connectivity index (χ1n) is 6.81. The van der Waals surface area contributed by atoms with E-state index in [1.165, 1.54) is 5.56 Å². The Morgan fingerprint density at radius 1 is 1.15 bits per heavy atom. The number of methoxy groups -OCH3 is 1. The van der Waals surface area contributed by atoms with Crippen molar-refractivity contribution >= 4 is 15.9 Å². The maximum atomic E-state index is 6.26. The van der Waals surface area contributed by atoms with Gasteiger partial charge >= 0.3 is 0 Å². The van der Waals surface area contributed by atoms with Crippen LogP contribution in [0.5, 0.6) is 5.75 Å². The Morgan fingerprint density at radius 2 is 1.90 bits per heavy atom. The predicted molar refractivity (Wildman–Crippen MR) is 87.1 cm³/mol. The van der Waals surface area contributed by atoms with Crippen molar-refractivity contribution in [2.24, 2.45) is 5.73 Å². The van der Waals surface area contributed by atoms with Crippen molar-refractivity contribution in [3.8, 4) is 5.75 Å². The lowest BCUT2D eigenvalue weighted by Gasteiger charge is -2.14. The maximum Gasteiger partial charge on any atom is 0.122 e. The molecule has 0 spiro atoms. The van der Waals surface area contributed by atoms with Crippen molar-refractivity contribution in [3.05, 3.63) is 64.1 Å². The number of hydrogen-bond donors (Lipinski definition) is 1. The van der Waals surface area contributed by atoms with Gasteiger partial charge in [-0.25, -0.2) is 0 Å². The number of benzene rings is 2. The lowest BCUT2D eigenvalue weighted by atomic mass is 9.99. The number of halogens is 1. The van der Waals surface area contributed by atoms with Crippen LogP contribution in [0.2, 0.25) is 0 Å². The van der Waals surface area contributed by atoms with Crippen LogP contribution < -0.4 is 10.5 Å². The molecule has 0 heterocycles. The Bertz CT molecular complexity index is 542. The van der Waals surface area contributed by atoms with E-state index in [1.54, 1.807) is 7.11 Å². The normalized spacial score (nSPS) is 12.2. The summed E-state index contributed by atoms with van der Waals surface area (Å²) in [5.41, 5.74) is 8.75. The molecule has 2 nitrogen and oxygen atoms in total. The molecular weight excluding hydrogens is 314 g/mol. The van der Waals surface area contributed by atoms with E-state index in [0.717, 1.165) is 35.0 Å². The van der Waals surface area contributed by atoms with Crippen molar-refractivity contribution in [1.29, 1.82) is 0 Å².